The maximum atomic E-state index is 12.7. The second kappa shape index (κ2) is 8.73. The van der Waals surface area contributed by atoms with Crippen molar-refractivity contribution in [3.8, 4) is 0 Å². The number of rotatable bonds is 6. The lowest BCUT2D eigenvalue weighted by molar-refractivity contribution is -0.130. The van der Waals surface area contributed by atoms with Gasteiger partial charge in [0.1, 0.15) is 11.6 Å². The topological polar surface area (TPSA) is 105 Å². The van der Waals surface area contributed by atoms with E-state index in [0.717, 1.165) is 23.2 Å². The number of carbonyl (C=O) groups is 2. The van der Waals surface area contributed by atoms with Gasteiger partial charge in [-0.25, -0.2) is 9.97 Å². The number of fused-ring (bicyclic) bond motifs is 1. The number of amides is 2. The molecular formula is C24H26N6O3. The smallest absolute Gasteiger partial charge is 0.233 e. The van der Waals surface area contributed by atoms with Gasteiger partial charge in [-0.05, 0) is 25.8 Å². The summed E-state index contributed by atoms with van der Waals surface area (Å²) in [5.74, 6) is 2.64. The van der Waals surface area contributed by atoms with Crippen LogP contribution in [0.15, 0.2) is 34.9 Å². The first-order valence-corrected chi connectivity index (χ1v) is 11.3. The van der Waals surface area contributed by atoms with Gasteiger partial charge in [-0.3, -0.25) is 14.5 Å². The zero-order valence-corrected chi connectivity index (χ0v) is 18.8. The molecule has 9 nitrogen and oxygen atoms in total. The molecule has 1 aromatic carbocycles. The van der Waals surface area contributed by atoms with Gasteiger partial charge in [0.2, 0.25) is 17.7 Å². The van der Waals surface area contributed by atoms with Gasteiger partial charge in [-0.15, -0.1) is 0 Å². The van der Waals surface area contributed by atoms with Gasteiger partial charge >= 0.3 is 0 Å². The summed E-state index contributed by atoms with van der Waals surface area (Å²) in [5.41, 5.74) is 2.81. The molecule has 2 amide bonds. The fourth-order valence-corrected chi connectivity index (χ4v) is 4.52. The van der Waals surface area contributed by atoms with Crippen LogP contribution in [0.1, 0.15) is 53.1 Å². The molecule has 1 saturated heterocycles. The maximum Gasteiger partial charge on any atom is 0.233 e. The minimum atomic E-state index is 0.0443. The van der Waals surface area contributed by atoms with Crippen molar-refractivity contribution in [2.75, 3.05) is 18.0 Å². The molecule has 2 aliphatic heterocycles. The molecule has 2 aliphatic rings. The molecule has 33 heavy (non-hydrogen) atoms. The molecule has 0 bridgehead atoms. The molecule has 5 rings (SSSR count). The van der Waals surface area contributed by atoms with E-state index in [-0.39, 0.29) is 17.7 Å². The molecule has 3 aromatic rings. The van der Waals surface area contributed by atoms with E-state index in [0.29, 0.717) is 62.3 Å². The van der Waals surface area contributed by atoms with E-state index in [1.54, 1.807) is 11.8 Å². The van der Waals surface area contributed by atoms with Crippen molar-refractivity contribution >= 4 is 17.6 Å². The van der Waals surface area contributed by atoms with E-state index in [1.165, 1.54) is 0 Å². The zero-order valence-electron chi connectivity index (χ0n) is 18.8. The van der Waals surface area contributed by atoms with Crippen molar-refractivity contribution in [1.29, 1.82) is 0 Å². The van der Waals surface area contributed by atoms with Crippen LogP contribution in [0.4, 0.5) is 5.82 Å². The van der Waals surface area contributed by atoms with Crippen LogP contribution in [0.5, 0.6) is 0 Å². The quantitative estimate of drug-likeness (QED) is 0.573. The van der Waals surface area contributed by atoms with E-state index in [9.17, 15) is 9.59 Å². The fraction of sp³-hybridized carbons (Fsp3) is 0.417. The van der Waals surface area contributed by atoms with Crippen molar-refractivity contribution in [2.24, 2.45) is 0 Å². The first-order valence-electron chi connectivity index (χ1n) is 11.3. The predicted octanol–water partition coefficient (Wildman–Crippen LogP) is 2.51. The van der Waals surface area contributed by atoms with E-state index >= 15 is 0 Å². The lowest BCUT2D eigenvalue weighted by Gasteiger charge is -2.19. The van der Waals surface area contributed by atoms with Crippen LogP contribution in [-0.4, -0.2) is 49.9 Å². The van der Waals surface area contributed by atoms with E-state index in [4.69, 9.17) is 14.5 Å². The third-order valence-electron chi connectivity index (χ3n) is 6.31. The Kier molecular flexibility index (Phi) is 5.62. The standard InChI is InChI=1S/C24H26N6O3/c1-15-19-12-22(32)30(13-17-6-4-3-5-7-17)24(19)27-23(25-15)18-10-11-29(14-18)21(31)9-8-20-26-16(2)28-33-20/h3-7,18H,8-14H2,1-2H3/t18-/m0/s1. The Bertz CT molecular complexity index is 1190. The summed E-state index contributed by atoms with van der Waals surface area (Å²) in [4.78, 5) is 42.8. The Balaban J connectivity index is 1.29. The minimum absolute atomic E-state index is 0.0443. The molecule has 170 valence electrons. The van der Waals surface area contributed by atoms with Gasteiger partial charge in [0.05, 0.1) is 13.0 Å². The second-order valence-electron chi connectivity index (χ2n) is 8.67. The summed E-state index contributed by atoms with van der Waals surface area (Å²) in [5, 5.41) is 3.76. The number of hydrogen-bond acceptors (Lipinski definition) is 7. The number of carbonyl (C=O) groups excluding carboxylic acids is 2. The number of aromatic nitrogens is 4. The Morgan fingerprint density at radius 1 is 1.15 bits per heavy atom. The van der Waals surface area contributed by atoms with E-state index < -0.39 is 0 Å². The van der Waals surface area contributed by atoms with E-state index in [1.807, 2.05) is 42.2 Å². The molecule has 0 radical (unpaired) electrons. The van der Waals surface area contributed by atoms with Crippen LogP contribution in [0.2, 0.25) is 0 Å². The number of likely N-dealkylation sites (tertiary alicyclic amines) is 1. The molecular weight excluding hydrogens is 420 g/mol. The van der Waals surface area contributed by atoms with Crippen LogP contribution in [0, 0.1) is 13.8 Å². The van der Waals surface area contributed by atoms with Crippen LogP contribution >= 0.6 is 0 Å². The number of nitrogens with zero attached hydrogens (tertiary/aromatic N) is 6. The van der Waals surface area contributed by atoms with Gasteiger partial charge in [0.15, 0.2) is 5.82 Å². The molecule has 1 atom stereocenters. The summed E-state index contributed by atoms with van der Waals surface area (Å²) in [6.45, 7) is 5.43. The highest BCUT2D eigenvalue weighted by molar-refractivity contribution is 6.00. The SMILES string of the molecule is Cc1noc(CCC(=O)N2CC[C@H](c3nc(C)c4c(n3)N(Cc3ccccc3)C(=O)C4)C2)n1. The largest absolute Gasteiger partial charge is 0.342 e. The molecule has 0 saturated carbocycles. The predicted molar refractivity (Wildman–Crippen MR) is 119 cm³/mol. The van der Waals surface area contributed by atoms with Crippen molar-refractivity contribution in [3.05, 3.63) is 64.7 Å². The Morgan fingerprint density at radius 2 is 1.97 bits per heavy atom. The number of aryl methyl sites for hydroxylation is 3. The monoisotopic (exact) mass is 446 g/mol. The van der Waals surface area contributed by atoms with Gasteiger partial charge < -0.3 is 9.42 Å². The van der Waals surface area contributed by atoms with Crippen molar-refractivity contribution in [2.45, 2.75) is 52.0 Å². The highest BCUT2D eigenvalue weighted by atomic mass is 16.5. The highest BCUT2D eigenvalue weighted by Gasteiger charge is 2.34. The van der Waals surface area contributed by atoms with Gasteiger partial charge in [0.25, 0.3) is 0 Å². The van der Waals surface area contributed by atoms with Crippen LogP contribution in [-0.2, 0) is 29.0 Å². The maximum absolute atomic E-state index is 12.7. The first-order chi connectivity index (χ1) is 16.0. The van der Waals surface area contributed by atoms with Crippen molar-refractivity contribution in [1.82, 2.24) is 25.0 Å². The highest BCUT2D eigenvalue weighted by Crippen LogP contribution is 2.33. The Morgan fingerprint density at radius 3 is 2.73 bits per heavy atom. The number of benzene rings is 1. The average Bonchev–Trinajstić information content (AvgIpc) is 3.53. The molecule has 9 heteroatoms. The third kappa shape index (κ3) is 4.35. The molecule has 0 unspecified atom stereocenters. The summed E-state index contributed by atoms with van der Waals surface area (Å²) >= 11 is 0. The molecule has 1 fully saturated rings. The van der Waals surface area contributed by atoms with Crippen molar-refractivity contribution < 1.29 is 14.1 Å². The summed E-state index contributed by atoms with van der Waals surface area (Å²) < 4.78 is 5.10. The fourth-order valence-electron chi connectivity index (χ4n) is 4.52. The molecule has 0 spiro atoms. The van der Waals surface area contributed by atoms with Gasteiger partial charge in [-0.2, -0.15) is 4.98 Å². The Labute approximate surface area is 191 Å². The lowest BCUT2D eigenvalue weighted by Crippen LogP contribution is -2.29. The van der Waals surface area contributed by atoms with Crippen LogP contribution < -0.4 is 4.90 Å². The molecule has 4 heterocycles. The molecule has 0 N–H and O–H groups in total. The third-order valence-corrected chi connectivity index (χ3v) is 6.31. The molecule has 0 aliphatic carbocycles. The number of anilines is 1. The van der Waals surface area contributed by atoms with Crippen LogP contribution in [0.3, 0.4) is 0 Å². The summed E-state index contributed by atoms with van der Waals surface area (Å²) in [7, 11) is 0. The van der Waals surface area contributed by atoms with E-state index in [2.05, 4.69) is 10.1 Å². The lowest BCUT2D eigenvalue weighted by atomic mass is 10.1. The first kappa shape index (κ1) is 21.2. The summed E-state index contributed by atoms with van der Waals surface area (Å²) in [6, 6.07) is 9.92. The normalized spacial score (nSPS) is 17.6. The van der Waals surface area contributed by atoms with Gasteiger partial charge in [-0.1, -0.05) is 35.5 Å². The zero-order chi connectivity index (χ0) is 22.9. The second-order valence-corrected chi connectivity index (χ2v) is 8.67. The average molecular weight is 447 g/mol. The van der Waals surface area contributed by atoms with Gasteiger partial charge in [0, 0.05) is 43.1 Å². The van der Waals surface area contributed by atoms with Crippen molar-refractivity contribution in [3.63, 3.8) is 0 Å². The van der Waals surface area contributed by atoms with Crippen LogP contribution in [0.25, 0.3) is 0 Å². The number of hydrogen-bond donors (Lipinski definition) is 0. The molecule has 2 aromatic heterocycles. The summed E-state index contributed by atoms with van der Waals surface area (Å²) in [6.07, 6.45) is 1.90. The minimum Gasteiger partial charge on any atom is -0.342 e. The Hall–Kier alpha value is -3.62.